The van der Waals surface area contributed by atoms with Crippen LogP contribution in [-0.4, -0.2) is 49.7 Å². The highest BCUT2D eigenvalue weighted by atomic mass is 35.5. The van der Waals surface area contributed by atoms with Crippen LogP contribution in [0.25, 0.3) is 0 Å². The molecule has 1 atom stereocenters. The highest BCUT2D eigenvalue weighted by Gasteiger charge is 2.48. The zero-order valence-electron chi connectivity index (χ0n) is 23.6. The van der Waals surface area contributed by atoms with E-state index in [2.05, 4.69) is 4.72 Å². The number of hydrogen-bond donors (Lipinski definition) is 2. The smallest absolute Gasteiger partial charge is 0.298 e. The summed E-state index contributed by atoms with van der Waals surface area (Å²) in [5, 5.41) is 0.216. The maximum absolute atomic E-state index is 15.9. The molecule has 3 N–H and O–H groups in total. The number of likely N-dealkylation sites (tertiary alicyclic amines) is 1. The average molecular weight is 598 g/mol. The average Bonchev–Trinajstić information content (AvgIpc) is 2.98. The lowest BCUT2D eigenvalue weighted by Crippen LogP contribution is -2.55. The van der Waals surface area contributed by atoms with Gasteiger partial charge in [0.05, 0.1) is 18.7 Å². The molecule has 222 valence electrons. The van der Waals surface area contributed by atoms with Crippen LogP contribution in [0.5, 0.6) is 11.5 Å². The van der Waals surface area contributed by atoms with Crippen LogP contribution in [0.3, 0.4) is 0 Å². The summed E-state index contributed by atoms with van der Waals surface area (Å²) in [4.78, 5) is 15.6. The third-order valence-electron chi connectivity index (χ3n) is 7.33. The summed E-state index contributed by atoms with van der Waals surface area (Å²) in [7, 11) is 1.36. The Hall–Kier alpha value is -2.07. The number of methoxy groups -OCH3 is 1. The number of nitrogens with two attached hydrogens (primary N) is 1. The molecule has 2 aliphatic rings. The first-order chi connectivity index (χ1) is 19.3. The van der Waals surface area contributed by atoms with Crippen molar-refractivity contribution in [1.29, 1.82) is 0 Å². The Balaban J connectivity index is 0.00000216. The number of nitrogens with zero attached hydrogens (tertiary/aromatic N) is 1. The molecule has 0 spiro atoms. The molecule has 40 heavy (non-hydrogen) atoms. The number of halogens is 3. The monoisotopic (exact) mass is 597 g/mol. The highest BCUT2D eigenvalue weighted by molar-refractivity contribution is 7.97. The first-order valence-corrected chi connectivity index (χ1v) is 15.4. The van der Waals surface area contributed by atoms with E-state index in [9.17, 15) is 4.79 Å². The van der Waals surface area contributed by atoms with Crippen molar-refractivity contribution in [2.75, 3.05) is 26.8 Å². The molecule has 1 amide bonds. The summed E-state index contributed by atoms with van der Waals surface area (Å²) >= 11 is 7.05. The van der Waals surface area contributed by atoms with Crippen molar-refractivity contribution >= 4 is 29.5 Å². The number of rotatable bonds is 10. The van der Waals surface area contributed by atoms with Gasteiger partial charge in [-0.2, -0.15) is 8.78 Å². The van der Waals surface area contributed by atoms with Gasteiger partial charge in [-0.1, -0.05) is 50.8 Å². The number of alkyl halides is 2. The van der Waals surface area contributed by atoms with E-state index in [1.165, 1.54) is 62.3 Å². The Labute approximate surface area is 246 Å². The second kappa shape index (κ2) is 15.8. The van der Waals surface area contributed by atoms with Crippen molar-refractivity contribution in [1.82, 2.24) is 9.62 Å². The number of amides is 1. The van der Waals surface area contributed by atoms with Crippen LogP contribution in [0.4, 0.5) is 8.78 Å². The van der Waals surface area contributed by atoms with Gasteiger partial charge in [-0.05, 0) is 79.9 Å². The number of carbonyl (C=O) groups is 1. The van der Waals surface area contributed by atoms with Gasteiger partial charge in [0.15, 0.2) is 6.04 Å². The minimum absolute atomic E-state index is 0.0280. The van der Waals surface area contributed by atoms with Gasteiger partial charge in [-0.3, -0.25) is 4.79 Å². The number of benzene rings is 2. The van der Waals surface area contributed by atoms with E-state index in [0.717, 1.165) is 17.7 Å². The quantitative estimate of drug-likeness (QED) is 0.286. The number of nitrogens with one attached hydrogen (secondary N) is 1. The first-order valence-electron chi connectivity index (χ1n) is 14.2. The summed E-state index contributed by atoms with van der Waals surface area (Å²) in [5.74, 6) is -2.75. The number of ether oxygens (including phenoxy) is 2. The molecule has 6 nitrogen and oxygen atoms in total. The molecule has 1 saturated carbocycles. The van der Waals surface area contributed by atoms with Gasteiger partial charge in [-0.15, -0.1) is 0 Å². The number of piperidine rings is 1. The summed E-state index contributed by atoms with van der Waals surface area (Å²) < 4.78 is 45.7. The third-order valence-corrected chi connectivity index (χ3v) is 8.50. The van der Waals surface area contributed by atoms with Crippen LogP contribution in [0.15, 0.2) is 47.4 Å². The Bertz CT molecular complexity index is 1060. The molecule has 4 rings (SSSR count). The largest absolute Gasteiger partial charge is 0.495 e. The van der Waals surface area contributed by atoms with Gasteiger partial charge in [0.1, 0.15) is 11.5 Å². The first kappa shape index (κ1) is 32.4. The highest BCUT2D eigenvalue weighted by Crippen LogP contribution is 2.38. The lowest BCUT2D eigenvalue weighted by Gasteiger charge is -2.35. The fourth-order valence-corrected chi connectivity index (χ4v) is 5.88. The molecule has 2 fully saturated rings. The maximum Gasteiger partial charge on any atom is 0.298 e. The Morgan fingerprint density at radius 2 is 1.75 bits per heavy atom. The second-order valence-corrected chi connectivity index (χ2v) is 11.4. The van der Waals surface area contributed by atoms with Crippen LogP contribution in [0.1, 0.15) is 64.4 Å². The predicted molar refractivity (Wildman–Crippen MR) is 158 cm³/mol. The fourth-order valence-electron chi connectivity index (χ4n) is 4.91. The van der Waals surface area contributed by atoms with Gasteiger partial charge in [0, 0.05) is 29.6 Å². The van der Waals surface area contributed by atoms with E-state index < -0.39 is 17.9 Å². The lowest BCUT2D eigenvalue weighted by atomic mass is 9.90. The van der Waals surface area contributed by atoms with Crippen molar-refractivity contribution in [3.63, 3.8) is 0 Å². The predicted octanol–water partition coefficient (Wildman–Crippen LogP) is 7.04. The van der Waals surface area contributed by atoms with E-state index in [4.69, 9.17) is 26.8 Å². The SMILES string of the molecule is CC.COc1cc(C(F)(F)C(NSc2ccc(OCC3CCCCC3)cc2)C(=O)N2CCC(N)CC2)ccc1Cl. The Kier molecular flexibility index (Phi) is 12.8. The van der Waals surface area contributed by atoms with Crippen LogP contribution in [-0.2, 0) is 10.7 Å². The summed E-state index contributed by atoms with van der Waals surface area (Å²) in [6, 6.07) is 9.19. The zero-order chi connectivity index (χ0) is 29.1. The van der Waals surface area contributed by atoms with Gasteiger partial charge in [0.25, 0.3) is 5.92 Å². The molecule has 2 aromatic rings. The normalized spacial score (nSPS) is 17.5. The van der Waals surface area contributed by atoms with E-state index in [1.54, 1.807) is 12.1 Å². The van der Waals surface area contributed by atoms with E-state index >= 15 is 8.78 Å². The van der Waals surface area contributed by atoms with Crippen molar-refractivity contribution in [3.05, 3.63) is 53.1 Å². The summed E-state index contributed by atoms with van der Waals surface area (Å²) in [6.07, 6.45) is 7.37. The molecule has 1 heterocycles. The van der Waals surface area contributed by atoms with Gasteiger partial charge < -0.3 is 20.1 Å². The van der Waals surface area contributed by atoms with E-state index in [0.29, 0.717) is 43.4 Å². The minimum Gasteiger partial charge on any atom is -0.495 e. The summed E-state index contributed by atoms with van der Waals surface area (Å²) in [6.45, 7) is 5.38. The number of hydrogen-bond acceptors (Lipinski definition) is 6. The molecule has 1 unspecified atom stereocenters. The number of carbonyl (C=O) groups excluding carboxylic acids is 1. The molecule has 1 aliphatic heterocycles. The second-order valence-electron chi connectivity index (χ2n) is 10.1. The molecule has 0 radical (unpaired) electrons. The summed E-state index contributed by atoms with van der Waals surface area (Å²) in [5.41, 5.74) is 5.61. The van der Waals surface area contributed by atoms with Crippen LogP contribution >= 0.6 is 23.5 Å². The minimum atomic E-state index is -3.54. The van der Waals surface area contributed by atoms with E-state index in [-0.39, 0.29) is 22.4 Å². The molecule has 0 aromatic heterocycles. The molecule has 10 heteroatoms. The fraction of sp³-hybridized carbons (Fsp3) is 0.567. The van der Waals surface area contributed by atoms with Crippen molar-refractivity contribution < 1.29 is 23.0 Å². The van der Waals surface area contributed by atoms with Gasteiger partial charge in [-0.25, -0.2) is 4.72 Å². The molecule has 1 aliphatic carbocycles. The van der Waals surface area contributed by atoms with Crippen LogP contribution in [0, 0.1) is 5.92 Å². The maximum atomic E-state index is 15.9. The van der Waals surface area contributed by atoms with Crippen LogP contribution in [0.2, 0.25) is 5.02 Å². The lowest BCUT2D eigenvalue weighted by molar-refractivity contribution is -0.145. The van der Waals surface area contributed by atoms with Crippen molar-refractivity contribution in [3.8, 4) is 11.5 Å². The molecule has 0 bridgehead atoms. The molecule has 2 aromatic carbocycles. The van der Waals surface area contributed by atoms with Gasteiger partial charge >= 0.3 is 0 Å². The topological polar surface area (TPSA) is 76.8 Å². The Morgan fingerprint density at radius 3 is 2.38 bits per heavy atom. The molecular weight excluding hydrogens is 556 g/mol. The van der Waals surface area contributed by atoms with Crippen LogP contribution < -0.4 is 19.9 Å². The third kappa shape index (κ3) is 8.71. The Morgan fingerprint density at radius 1 is 1.10 bits per heavy atom. The van der Waals surface area contributed by atoms with Gasteiger partial charge in [0.2, 0.25) is 5.91 Å². The standard InChI is InChI=1S/C28H36ClF2N3O3S.C2H6/c1-36-25-17-20(7-12-24(25)29)28(30,31)26(27(35)34-15-13-21(32)14-16-34)33-38-23-10-8-22(9-11-23)37-18-19-5-3-2-4-6-19;1-2/h7-12,17,19,21,26,33H,2-6,13-16,18,32H2,1H3;1-2H3. The zero-order valence-corrected chi connectivity index (χ0v) is 25.2. The molecular formula is C30H42ClF2N3O3S. The molecule has 1 saturated heterocycles. The van der Waals surface area contributed by atoms with Crippen molar-refractivity contribution in [2.24, 2.45) is 11.7 Å². The van der Waals surface area contributed by atoms with E-state index in [1.807, 2.05) is 26.0 Å². The van der Waals surface area contributed by atoms with Crippen molar-refractivity contribution in [2.45, 2.75) is 81.7 Å².